The van der Waals surface area contributed by atoms with Crippen LogP contribution in [0.15, 0.2) is 18.6 Å². The first-order valence-corrected chi connectivity index (χ1v) is 3.04. The van der Waals surface area contributed by atoms with Crippen molar-refractivity contribution < 1.29 is 5.11 Å². The molecule has 0 aliphatic heterocycles. The van der Waals surface area contributed by atoms with Crippen LogP contribution in [0.2, 0.25) is 0 Å². The number of aliphatic hydroxyl groups excluding tert-OH is 1. The molecular formula is C6H9N3O. The van der Waals surface area contributed by atoms with Gasteiger partial charge in [0.25, 0.3) is 0 Å². The highest BCUT2D eigenvalue weighted by Gasteiger charge is 1.87. The summed E-state index contributed by atoms with van der Waals surface area (Å²) in [5.41, 5.74) is 0. The van der Waals surface area contributed by atoms with Crippen LogP contribution in [0.3, 0.4) is 0 Å². The van der Waals surface area contributed by atoms with E-state index in [0.29, 0.717) is 6.54 Å². The lowest BCUT2D eigenvalue weighted by molar-refractivity contribution is 0.311. The molecule has 2 N–H and O–H groups in total. The molecule has 0 amide bonds. The summed E-state index contributed by atoms with van der Waals surface area (Å²) in [4.78, 5) is 7.62. The van der Waals surface area contributed by atoms with Crippen LogP contribution in [0.25, 0.3) is 0 Å². The maximum atomic E-state index is 8.42. The normalized spacial score (nSPS) is 9.30. The molecule has 0 atom stereocenters. The van der Waals surface area contributed by atoms with Crippen molar-refractivity contribution in [2.24, 2.45) is 0 Å². The second-order valence-electron chi connectivity index (χ2n) is 1.75. The second-order valence-corrected chi connectivity index (χ2v) is 1.75. The average molecular weight is 139 g/mol. The van der Waals surface area contributed by atoms with E-state index in [9.17, 15) is 0 Å². The fourth-order valence-electron chi connectivity index (χ4n) is 0.579. The maximum Gasteiger partial charge on any atom is 0.129 e. The highest BCUT2D eigenvalue weighted by molar-refractivity contribution is 5.30. The highest BCUT2D eigenvalue weighted by atomic mass is 16.3. The number of rotatable bonds is 3. The predicted molar refractivity (Wildman–Crippen MR) is 37.6 cm³/mol. The largest absolute Gasteiger partial charge is 0.395 e. The summed E-state index contributed by atoms with van der Waals surface area (Å²) in [6, 6.07) is 1.75. The van der Waals surface area contributed by atoms with Gasteiger partial charge in [-0.1, -0.05) is 0 Å². The smallest absolute Gasteiger partial charge is 0.129 e. The van der Waals surface area contributed by atoms with E-state index < -0.39 is 0 Å². The van der Waals surface area contributed by atoms with Crippen molar-refractivity contribution in [1.29, 1.82) is 0 Å². The summed E-state index contributed by atoms with van der Waals surface area (Å²) in [5, 5.41) is 11.3. The molecule has 0 saturated carbocycles. The number of hydrogen-bond acceptors (Lipinski definition) is 4. The fraction of sp³-hybridized carbons (Fsp3) is 0.333. The van der Waals surface area contributed by atoms with Crippen molar-refractivity contribution in [3.8, 4) is 0 Å². The van der Waals surface area contributed by atoms with Gasteiger partial charge in [-0.15, -0.1) is 0 Å². The Bertz CT molecular complexity index is 178. The quantitative estimate of drug-likeness (QED) is 0.613. The molecular weight excluding hydrogens is 130 g/mol. The Morgan fingerprint density at radius 1 is 1.60 bits per heavy atom. The molecule has 0 unspecified atom stereocenters. The van der Waals surface area contributed by atoms with Gasteiger partial charge in [0, 0.05) is 12.7 Å². The molecule has 1 aromatic heterocycles. The molecule has 1 rings (SSSR count). The van der Waals surface area contributed by atoms with E-state index in [1.165, 1.54) is 6.33 Å². The van der Waals surface area contributed by atoms with Crippen molar-refractivity contribution in [3.05, 3.63) is 18.6 Å². The van der Waals surface area contributed by atoms with Gasteiger partial charge in [-0.3, -0.25) is 0 Å². The van der Waals surface area contributed by atoms with Crippen molar-refractivity contribution >= 4 is 5.82 Å². The van der Waals surface area contributed by atoms with Crippen LogP contribution < -0.4 is 5.32 Å². The monoisotopic (exact) mass is 139 g/mol. The number of nitrogens with zero attached hydrogens (tertiary/aromatic N) is 2. The summed E-state index contributed by atoms with van der Waals surface area (Å²) in [5.74, 6) is 0.740. The van der Waals surface area contributed by atoms with Gasteiger partial charge in [0.15, 0.2) is 0 Å². The van der Waals surface area contributed by atoms with Gasteiger partial charge in [0.1, 0.15) is 12.1 Å². The maximum absolute atomic E-state index is 8.42. The van der Waals surface area contributed by atoms with Crippen LogP contribution in [0.1, 0.15) is 0 Å². The van der Waals surface area contributed by atoms with E-state index in [1.54, 1.807) is 12.3 Å². The minimum absolute atomic E-state index is 0.115. The van der Waals surface area contributed by atoms with Gasteiger partial charge in [-0.25, -0.2) is 9.97 Å². The summed E-state index contributed by atoms with van der Waals surface area (Å²) < 4.78 is 0. The predicted octanol–water partition coefficient (Wildman–Crippen LogP) is -0.119. The third-order valence-electron chi connectivity index (χ3n) is 1.000. The minimum Gasteiger partial charge on any atom is -0.395 e. The molecule has 0 saturated heterocycles. The third kappa shape index (κ3) is 1.99. The Hall–Kier alpha value is -1.16. The van der Waals surface area contributed by atoms with Crippen LogP contribution >= 0.6 is 0 Å². The van der Waals surface area contributed by atoms with Crippen LogP contribution in [0.5, 0.6) is 0 Å². The number of anilines is 1. The first-order valence-electron chi connectivity index (χ1n) is 3.04. The van der Waals surface area contributed by atoms with E-state index >= 15 is 0 Å². The van der Waals surface area contributed by atoms with E-state index in [2.05, 4.69) is 15.3 Å². The highest BCUT2D eigenvalue weighted by Crippen LogP contribution is 1.95. The fourth-order valence-corrected chi connectivity index (χ4v) is 0.579. The Kier molecular flexibility index (Phi) is 2.63. The standard InChI is InChI=1S/C6H9N3O/c10-4-3-8-6-1-2-7-5-9-6/h1-2,5,10H,3-4H2,(H,7,8,9). The van der Waals surface area contributed by atoms with Crippen LogP contribution in [0.4, 0.5) is 5.82 Å². The van der Waals surface area contributed by atoms with E-state index in [1.807, 2.05) is 0 Å². The average Bonchev–Trinajstić information content (AvgIpc) is 2.03. The number of hydrogen-bond donors (Lipinski definition) is 2. The van der Waals surface area contributed by atoms with Crippen LogP contribution in [-0.4, -0.2) is 28.2 Å². The molecule has 4 heteroatoms. The van der Waals surface area contributed by atoms with Gasteiger partial charge in [-0.2, -0.15) is 0 Å². The third-order valence-corrected chi connectivity index (χ3v) is 1.000. The van der Waals surface area contributed by atoms with Crippen molar-refractivity contribution in [1.82, 2.24) is 9.97 Å². The SMILES string of the molecule is OCCNc1ccncn1. The van der Waals surface area contributed by atoms with Crippen LogP contribution in [-0.2, 0) is 0 Å². The Labute approximate surface area is 58.9 Å². The van der Waals surface area contributed by atoms with Crippen LogP contribution in [0, 0.1) is 0 Å². The van der Waals surface area contributed by atoms with Gasteiger partial charge in [0.2, 0.25) is 0 Å². The Balaban J connectivity index is 2.43. The topological polar surface area (TPSA) is 58.0 Å². The summed E-state index contributed by atoms with van der Waals surface area (Å²) in [6.45, 7) is 0.640. The molecule has 0 aliphatic rings. The van der Waals surface area contributed by atoms with E-state index in [-0.39, 0.29) is 6.61 Å². The van der Waals surface area contributed by atoms with Gasteiger partial charge in [-0.05, 0) is 6.07 Å². The zero-order chi connectivity index (χ0) is 7.23. The molecule has 0 spiro atoms. The van der Waals surface area contributed by atoms with Crippen molar-refractivity contribution in [2.75, 3.05) is 18.5 Å². The molecule has 54 valence electrons. The molecule has 0 bridgehead atoms. The zero-order valence-corrected chi connectivity index (χ0v) is 5.49. The van der Waals surface area contributed by atoms with E-state index in [0.717, 1.165) is 5.82 Å². The summed E-state index contributed by atoms with van der Waals surface area (Å²) >= 11 is 0. The van der Waals surface area contributed by atoms with Gasteiger partial charge < -0.3 is 10.4 Å². The number of aromatic nitrogens is 2. The first kappa shape index (κ1) is 6.95. The second kappa shape index (κ2) is 3.79. The molecule has 4 nitrogen and oxygen atoms in total. The lowest BCUT2D eigenvalue weighted by Crippen LogP contribution is -2.06. The lowest BCUT2D eigenvalue weighted by Gasteiger charge is -1.99. The minimum atomic E-state index is 0.115. The van der Waals surface area contributed by atoms with Crippen molar-refractivity contribution in [2.45, 2.75) is 0 Å². The van der Waals surface area contributed by atoms with E-state index in [4.69, 9.17) is 5.11 Å². The van der Waals surface area contributed by atoms with Crippen molar-refractivity contribution in [3.63, 3.8) is 0 Å². The molecule has 0 aliphatic carbocycles. The Morgan fingerprint density at radius 3 is 3.10 bits per heavy atom. The van der Waals surface area contributed by atoms with Gasteiger partial charge >= 0.3 is 0 Å². The number of nitrogens with one attached hydrogen (secondary N) is 1. The molecule has 0 aromatic carbocycles. The summed E-state index contributed by atoms with van der Waals surface area (Å²) in [6.07, 6.45) is 3.10. The Morgan fingerprint density at radius 2 is 2.50 bits per heavy atom. The molecule has 0 fully saturated rings. The number of aliphatic hydroxyl groups is 1. The molecule has 1 aromatic rings. The lowest BCUT2D eigenvalue weighted by atomic mass is 10.5. The first-order chi connectivity index (χ1) is 4.93. The molecule has 10 heavy (non-hydrogen) atoms. The van der Waals surface area contributed by atoms with Gasteiger partial charge in [0.05, 0.1) is 6.61 Å². The molecule has 1 heterocycles. The summed E-state index contributed by atoms with van der Waals surface area (Å²) in [7, 11) is 0. The zero-order valence-electron chi connectivity index (χ0n) is 5.49. The molecule has 0 radical (unpaired) electrons.